The SMILES string of the molecule is CCOC(=O)C1CCN(C(=O)CN(C)C(=O)c2ccc(OCCC(C)C)c(OC)c2)CC1. The Kier molecular flexibility index (Phi) is 9.81. The maximum atomic E-state index is 12.9. The molecule has 1 aromatic carbocycles. The Bertz CT molecular complexity index is 787. The Labute approximate surface area is 190 Å². The lowest BCUT2D eigenvalue weighted by Gasteiger charge is -2.32. The predicted molar refractivity (Wildman–Crippen MR) is 121 cm³/mol. The number of esters is 1. The van der Waals surface area contributed by atoms with Crippen molar-refractivity contribution >= 4 is 17.8 Å². The van der Waals surface area contributed by atoms with E-state index in [2.05, 4.69) is 13.8 Å². The molecule has 1 aliphatic rings. The number of amides is 2. The van der Waals surface area contributed by atoms with E-state index in [0.717, 1.165) is 6.42 Å². The van der Waals surface area contributed by atoms with Crippen molar-refractivity contribution in [3.8, 4) is 11.5 Å². The maximum absolute atomic E-state index is 12.9. The number of carbonyl (C=O) groups is 3. The smallest absolute Gasteiger partial charge is 0.309 e. The minimum Gasteiger partial charge on any atom is -0.493 e. The zero-order chi connectivity index (χ0) is 23.7. The molecule has 178 valence electrons. The number of likely N-dealkylation sites (tertiary alicyclic amines) is 1. The van der Waals surface area contributed by atoms with Crippen molar-refractivity contribution in [2.24, 2.45) is 11.8 Å². The molecule has 0 N–H and O–H groups in total. The lowest BCUT2D eigenvalue weighted by Crippen LogP contribution is -2.45. The maximum Gasteiger partial charge on any atom is 0.309 e. The molecule has 0 aromatic heterocycles. The van der Waals surface area contributed by atoms with E-state index in [4.69, 9.17) is 14.2 Å². The van der Waals surface area contributed by atoms with Crippen LogP contribution in [-0.4, -0.2) is 74.6 Å². The summed E-state index contributed by atoms with van der Waals surface area (Å²) in [6, 6.07) is 5.04. The van der Waals surface area contributed by atoms with Crippen LogP contribution in [0, 0.1) is 11.8 Å². The zero-order valence-electron chi connectivity index (χ0n) is 19.9. The number of carbonyl (C=O) groups excluding carboxylic acids is 3. The first kappa shape index (κ1) is 25.5. The molecule has 1 fully saturated rings. The van der Waals surface area contributed by atoms with Gasteiger partial charge in [0.05, 0.1) is 32.8 Å². The summed E-state index contributed by atoms with van der Waals surface area (Å²) < 4.78 is 16.2. The summed E-state index contributed by atoms with van der Waals surface area (Å²) in [5.74, 6) is 0.845. The minimum absolute atomic E-state index is 0.0299. The van der Waals surface area contributed by atoms with E-state index in [0.29, 0.717) is 62.1 Å². The largest absolute Gasteiger partial charge is 0.493 e. The quantitative estimate of drug-likeness (QED) is 0.512. The first-order chi connectivity index (χ1) is 15.3. The van der Waals surface area contributed by atoms with Gasteiger partial charge in [0.2, 0.25) is 5.91 Å². The van der Waals surface area contributed by atoms with Crippen LogP contribution < -0.4 is 9.47 Å². The third-order valence-electron chi connectivity index (χ3n) is 5.55. The summed E-state index contributed by atoms with van der Waals surface area (Å²) >= 11 is 0. The molecule has 8 nitrogen and oxygen atoms in total. The molecule has 1 saturated heterocycles. The molecule has 32 heavy (non-hydrogen) atoms. The molecular formula is C24H36N2O6. The van der Waals surface area contributed by atoms with Crippen LogP contribution >= 0.6 is 0 Å². The number of likely N-dealkylation sites (N-methyl/N-ethyl adjacent to an activating group) is 1. The highest BCUT2D eigenvalue weighted by Gasteiger charge is 2.29. The lowest BCUT2D eigenvalue weighted by molar-refractivity contribution is -0.151. The van der Waals surface area contributed by atoms with Crippen molar-refractivity contribution in [3.05, 3.63) is 23.8 Å². The summed E-state index contributed by atoms with van der Waals surface area (Å²) in [4.78, 5) is 40.5. The van der Waals surface area contributed by atoms with Crippen LogP contribution in [0.5, 0.6) is 11.5 Å². The fourth-order valence-corrected chi connectivity index (χ4v) is 3.54. The molecule has 0 atom stereocenters. The molecule has 1 aromatic rings. The number of ether oxygens (including phenoxy) is 3. The van der Waals surface area contributed by atoms with Gasteiger partial charge in [0.15, 0.2) is 11.5 Å². The number of nitrogens with zero attached hydrogens (tertiary/aromatic N) is 2. The molecule has 2 amide bonds. The Balaban J connectivity index is 1.91. The van der Waals surface area contributed by atoms with Crippen LogP contribution in [0.2, 0.25) is 0 Å². The molecule has 0 bridgehead atoms. The van der Waals surface area contributed by atoms with Crippen molar-refractivity contribution in [3.63, 3.8) is 0 Å². The van der Waals surface area contributed by atoms with Gasteiger partial charge in [-0.25, -0.2) is 0 Å². The lowest BCUT2D eigenvalue weighted by atomic mass is 9.97. The molecular weight excluding hydrogens is 412 g/mol. The number of hydrogen-bond donors (Lipinski definition) is 0. The second-order valence-electron chi connectivity index (χ2n) is 8.46. The summed E-state index contributed by atoms with van der Waals surface area (Å²) in [5.41, 5.74) is 0.425. The first-order valence-corrected chi connectivity index (χ1v) is 11.3. The van der Waals surface area contributed by atoms with E-state index in [-0.39, 0.29) is 30.2 Å². The predicted octanol–water partition coefficient (Wildman–Crippen LogP) is 2.99. The van der Waals surface area contributed by atoms with Crippen molar-refractivity contribution in [1.29, 1.82) is 0 Å². The van der Waals surface area contributed by atoms with Crippen LogP contribution in [0.3, 0.4) is 0 Å². The second-order valence-corrected chi connectivity index (χ2v) is 8.46. The van der Waals surface area contributed by atoms with E-state index < -0.39 is 0 Å². The van der Waals surface area contributed by atoms with Gasteiger partial charge in [-0.2, -0.15) is 0 Å². The van der Waals surface area contributed by atoms with Crippen molar-refractivity contribution in [1.82, 2.24) is 9.80 Å². The molecule has 0 aliphatic carbocycles. The Hall–Kier alpha value is -2.77. The Morgan fingerprint density at radius 3 is 2.44 bits per heavy atom. The topological polar surface area (TPSA) is 85.4 Å². The van der Waals surface area contributed by atoms with Gasteiger partial charge in [-0.15, -0.1) is 0 Å². The van der Waals surface area contributed by atoms with Crippen LogP contribution in [0.15, 0.2) is 18.2 Å². The molecule has 2 rings (SSSR count). The van der Waals surface area contributed by atoms with Crippen molar-refractivity contribution in [2.45, 2.75) is 40.0 Å². The van der Waals surface area contributed by atoms with Gasteiger partial charge in [-0.1, -0.05) is 13.8 Å². The Morgan fingerprint density at radius 1 is 1.16 bits per heavy atom. The number of piperidine rings is 1. The molecule has 8 heteroatoms. The molecule has 0 spiro atoms. The third kappa shape index (κ3) is 7.14. The van der Waals surface area contributed by atoms with E-state index in [9.17, 15) is 14.4 Å². The number of rotatable bonds is 10. The van der Waals surface area contributed by atoms with Crippen LogP contribution in [0.25, 0.3) is 0 Å². The van der Waals surface area contributed by atoms with Crippen molar-refractivity contribution in [2.75, 3.05) is 47.0 Å². The van der Waals surface area contributed by atoms with Crippen LogP contribution in [-0.2, 0) is 14.3 Å². The average molecular weight is 449 g/mol. The van der Waals surface area contributed by atoms with Gasteiger partial charge >= 0.3 is 5.97 Å². The van der Waals surface area contributed by atoms with Gasteiger partial charge in [0.1, 0.15) is 0 Å². The fraction of sp³-hybridized carbons (Fsp3) is 0.625. The molecule has 1 aliphatic heterocycles. The van der Waals surface area contributed by atoms with Gasteiger partial charge < -0.3 is 24.0 Å². The number of hydrogen-bond acceptors (Lipinski definition) is 6. The van der Waals surface area contributed by atoms with Crippen LogP contribution in [0.1, 0.15) is 50.4 Å². The summed E-state index contributed by atoms with van der Waals surface area (Å²) in [6.07, 6.45) is 2.08. The van der Waals surface area contributed by atoms with E-state index in [1.54, 1.807) is 37.1 Å². The Morgan fingerprint density at radius 2 is 1.84 bits per heavy atom. The number of benzene rings is 1. The standard InChI is InChI=1S/C24H36N2O6/c1-6-31-24(29)18-9-12-26(13-10-18)22(27)16-25(4)23(28)19-7-8-20(21(15-19)30-5)32-14-11-17(2)3/h7-8,15,17-18H,6,9-14,16H2,1-5H3. The van der Waals surface area contributed by atoms with E-state index >= 15 is 0 Å². The average Bonchev–Trinajstić information content (AvgIpc) is 2.78. The highest BCUT2D eigenvalue weighted by molar-refractivity contribution is 5.97. The third-order valence-corrected chi connectivity index (χ3v) is 5.55. The van der Waals surface area contributed by atoms with Gasteiger partial charge in [0, 0.05) is 25.7 Å². The molecule has 0 unspecified atom stereocenters. The second kappa shape index (κ2) is 12.3. The summed E-state index contributed by atoms with van der Waals surface area (Å²) in [5, 5.41) is 0. The van der Waals surface area contributed by atoms with Crippen LogP contribution in [0.4, 0.5) is 0 Å². The van der Waals surface area contributed by atoms with Crippen molar-refractivity contribution < 1.29 is 28.6 Å². The highest BCUT2D eigenvalue weighted by Crippen LogP contribution is 2.29. The molecule has 0 saturated carbocycles. The zero-order valence-corrected chi connectivity index (χ0v) is 19.9. The van der Waals surface area contributed by atoms with Gasteiger partial charge in [-0.05, 0) is 50.3 Å². The highest BCUT2D eigenvalue weighted by atomic mass is 16.5. The van der Waals surface area contributed by atoms with E-state index in [1.165, 1.54) is 12.0 Å². The minimum atomic E-state index is -0.271. The van der Waals surface area contributed by atoms with Gasteiger partial charge in [-0.3, -0.25) is 14.4 Å². The molecule has 0 radical (unpaired) electrons. The summed E-state index contributed by atoms with van der Waals surface area (Å²) in [6.45, 7) is 7.92. The fourth-order valence-electron chi connectivity index (χ4n) is 3.54. The summed E-state index contributed by atoms with van der Waals surface area (Å²) in [7, 11) is 3.14. The molecule has 1 heterocycles. The normalized spacial score (nSPS) is 14.2. The monoisotopic (exact) mass is 448 g/mol. The number of methoxy groups -OCH3 is 1. The van der Waals surface area contributed by atoms with Gasteiger partial charge in [0.25, 0.3) is 5.91 Å². The first-order valence-electron chi connectivity index (χ1n) is 11.3. The van der Waals surface area contributed by atoms with E-state index in [1.807, 2.05) is 0 Å².